The van der Waals surface area contributed by atoms with Gasteiger partial charge in [-0.15, -0.1) is 5.10 Å². The Morgan fingerprint density at radius 3 is 1.70 bits per heavy atom. The fourth-order valence-corrected chi connectivity index (χ4v) is 4.24. The molecule has 1 aromatic rings. The van der Waals surface area contributed by atoms with Crippen LogP contribution >= 0.6 is 0 Å². The molecule has 1 heterocycles. The third kappa shape index (κ3) is 32.5. The van der Waals surface area contributed by atoms with Crippen LogP contribution in [0.4, 0.5) is 0 Å². The highest BCUT2D eigenvalue weighted by Crippen LogP contribution is 2.10. The van der Waals surface area contributed by atoms with E-state index in [2.05, 4.69) is 38.0 Å². The summed E-state index contributed by atoms with van der Waals surface area (Å²) >= 11 is 0. The van der Waals surface area contributed by atoms with Crippen molar-refractivity contribution in [3.8, 4) is 0 Å². The minimum atomic E-state index is 0.126. The average Bonchev–Trinajstić information content (AvgIpc) is 3.51. The standard InChI is InChI=1S/C27H51N3O8.C8H18/c1-4-6-8-27(7-5-2)38-22-21-36-18-17-34-16-14-33-12-10-30-23-26(28-29-30)24-37-20-19-35-15-13-32-11-9-25(3)31;1-3-5-7-8-6-4-2/h23,27H,4-22,24H2,1-3H3;3-8H2,1-2H3. The molecule has 46 heavy (non-hydrogen) atoms. The van der Waals surface area contributed by atoms with Crippen molar-refractivity contribution < 1.29 is 38.0 Å². The number of ether oxygens (including phenoxy) is 7. The number of ketones is 1. The summed E-state index contributed by atoms with van der Waals surface area (Å²) in [5.74, 6) is 0.126. The third-order valence-corrected chi connectivity index (χ3v) is 6.92. The number of carbonyl (C=O) groups is 1. The van der Waals surface area contributed by atoms with Crippen LogP contribution in [0, 0.1) is 0 Å². The zero-order valence-electron chi connectivity index (χ0n) is 30.1. The monoisotopic (exact) mass is 660 g/mol. The SMILES string of the molecule is CCCCC(CCC)OCCOCCOCCOCCn1cc(COCCOCCOCCC(C)=O)nn1.CCCCCCCC. The second kappa shape index (κ2) is 36.4. The van der Waals surface area contributed by atoms with Crippen LogP contribution in [0.15, 0.2) is 6.20 Å². The molecule has 1 atom stereocenters. The number of aromatic nitrogens is 3. The van der Waals surface area contributed by atoms with Crippen LogP contribution in [0.25, 0.3) is 0 Å². The lowest BCUT2D eigenvalue weighted by Gasteiger charge is -2.17. The topological polar surface area (TPSA) is 112 Å². The third-order valence-electron chi connectivity index (χ3n) is 6.92. The highest BCUT2D eigenvalue weighted by molar-refractivity contribution is 5.75. The van der Waals surface area contributed by atoms with E-state index < -0.39 is 0 Å². The zero-order chi connectivity index (χ0) is 33.8. The number of hydrogen-bond donors (Lipinski definition) is 0. The zero-order valence-corrected chi connectivity index (χ0v) is 30.1. The molecule has 0 aliphatic rings. The van der Waals surface area contributed by atoms with E-state index in [1.165, 1.54) is 51.4 Å². The first-order chi connectivity index (χ1) is 22.6. The van der Waals surface area contributed by atoms with Gasteiger partial charge in [0.25, 0.3) is 0 Å². The van der Waals surface area contributed by atoms with Gasteiger partial charge in [-0.1, -0.05) is 90.7 Å². The van der Waals surface area contributed by atoms with Crippen LogP contribution in [0.2, 0.25) is 0 Å². The molecule has 0 radical (unpaired) electrons. The number of Topliss-reactive ketones (excluding diaryl/α,β-unsaturated/α-hetero) is 1. The van der Waals surface area contributed by atoms with E-state index in [9.17, 15) is 4.79 Å². The normalized spacial score (nSPS) is 11.8. The maximum absolute atomic E-state index is 10.8. The molecule has 0 saturated heterocycles. The number of unbranched alkanes of at least 4 members (excludes halogenated alkanes) is 6. The van der Waals surface area contributed by atoms with Gasteiger partial charge in [0.15, 0.2) is 0 Å². The molecule has 0 amide bonds. The van der Waals surface area contributed by atoms with Gasteiger partial charge in [0.1, 0.15) is 11.5 Å². The maximum Gasteiger partial charge on any atom is 0.132 e. The van der Waals surface area contributed by atoms with Crippen molar-refractivity contribution in [1.82, 2.24) is 15.0 Å². The minimum absolute atomic E-state index is 0.126. The quantitative estimate of drug-likeness (QED) is 0.0750. The first kappa shape index (κ1) is 44.5. The molecule has 0 saturated carbocycles. The average molecular weight is 660 g/mol. The van der Waals surface area contributed by atoms with Crippen LogP contribution in [0.5, 0.6) is 0 Å². The molecule has 11 nitrogen and oxygen atoms in total. The second-order valence-electron chi connectivity index (χ2n) is 11.4. The summed E-state index contributed by atoms with van der Waals surface area (Å²) in [6.07, 6.45) is 17.0. The van der Waals surface area contributed by atoms with Crippen molar-refractivity contribution in [2.24, 2.45) is 0 Å². The smallest absolute Gasteiger partial charge is 0.132 e. The van der Waals surface area contributed by atoms with Gasteiger partial charge in [0.2, 0.25) is 0 Å². The lowest BCUT2D eigenvalue weighted by molar-refractivity contribution is -0.118. The molecule has 1 rings (SSSR count). The first-order valence-corrected chi connectivity index (χ1v) is 18.0. The van der Waals surface area contributed by atoms with Crippen molar-refractivity contribution in [1.29, 1.82) is 0 Å². The molecule has 0 spiro atoms. The highest BCUT2D eigenvalue weighted by Gasteiger charge is 2.07. The van der Waals surface area contributed by atoms with Crippen molar-refractivity contribution in [3.05, 3.63) is 11.9 Å². The molecule has 0 bridgehead atoms. The Balaban J connectivity index is 0.00000222. The summed E-state index contributed by atoms with van der Waals surface area (Å²) in [4.78, 5) is 10.8. The van der Waals surface area contributed by atoms with Crippen molar-refractivity contribution in [2.45, 2.75) is 131 Å². The van der Waals surface area contributed by atoms with Crippen molar-refractivity contribution in [2.75, 3.05) is 79.3 Å². The van der Waals surface area contributed by atoms with E-state index in [-0.39, 0.29) is 5.78 Å². The minimum Gasteiger partial charge on any atom is -0.379 e. The fourth-order valence-electron chi connectivity index (χ4n) is 4.24. The number of carbonyl (C=O) groups excluding carboxylic acids is 1. The van der Waals surface area contributed by atoms with E-state index in [1.54, 1.807) is 11.6 Å². The maximum atomic E-state index is 10.8. The Bertz CT molecular complexity index is 747. The van der Waals surface area contributed by atoms with Gasteiger partial charge in [-0.2, -0.15) is 0 Å². The predicted octanol–water partition coefficient (Wildman–Crippen LogP) is 6.60. The van der Waals surface area contributed by atoms with Crippen molar-refractivity contribution in [3.63, 3.8) is 0 Å². The van der Waals surface area contributed by atoms with Gasteiger partial charge in [0.05, 0.1) is 105 Å². The summed E-state index contributed by atoms with van der Waals surface area (Å²) in [6.45, 7) is 17.7. The second-order valence-corrected chi connectivity index (χ2v) is 11.4. The van der Waals surface area contributed by atoms with E-state index in [1.807, 2.05) is 6.20 Å². The van der Waals surface area contributed by atoms with E-state index in [0.717, 1.165) is 25.0 Å². The first-order valence-electron chi connectivity index (χ1n) is 18.0. The molecule has 0 aliphatic heterocycles. The molecule has 1 unspecified atom stereocenters. The van der Waals surface area contributed by atoms with E-state index in [4.69, 9.17) is 33.2 Å². The summed E-state index contributed by atoms with van der Waals surface area (Å²) in [5, 5.41) is 8.18. The Morgan fingerprint density at radius 1 is 0.630 bits per heavy atom. The lowest BCUT2D eigenvalue weighted by atomic mass is 10.1. The van der Waals surface area contributed by atoms with Gasteiger partial charge in [-0.3, -0.25) is 4.79 Å². The summed E-state index contributed by atoms with van der Waals surface area (Å²) in [5.41, 5.74) is 0.758. The molecule has 1 aromatic heterocycles. The summed E-state index contributed by atoms with van der Waals surface area (Å²) in [7, 11) is 0. The number of hydrogen-bond acceptors (Lipinski definition) is 10. The largest absolute Gasteiger partial charge is 0.379 e. The van der Waals surface area contributed by atoms with E-state index >= 15 is 0 Å². The van der Waals surface area contributed by atoms with Gasteiger partial charge in [-0.25, -0.2) is 4.68 Å². The van der Waals surface area contributed by atoms with Gasteiger partial charge in [-0.05, 0) is 19.8 Å². The molecule has 0 aromatic carbocycles. The Hall–Kier alpha value is -1.47. The van der Waals surface area contributed by atoms with Crippen LogP contribution in [-0.4, -0.2) is 106 Å². The molecule has 272 valence electrons. The highest BCUT2D eigenvalue weighted by atomic mass is 16.6. The van der Waals surface area contributed by atoms with Crippen molar-refractivity contribution >= 4 is 5.78 Å². The predicted molar refractivity (Wildman–Crippen MR) is 182 cm³/mol. The molecule has 0 N–H and O–H groups in total. The van der Waals surface area contributed by atoms with Crippen LogP contribution in [-0.2, 0) is 51.1 Å². The van der Waals surface area contributed by atoms with Gasteiger partial charge in [0, 0.05) is 6.42 Å². The Morgan fingerprint density at radius 2 is 1.15 bits per heavy atom. The summed E-state index contributed by atoms with van der Waals surface area (Å²) < 4.78 is 40.6. The van der Waals surface area contributed by atoms with Crippen LogP contribution < -0.4 is 0 Å². The summed E-state index contributed by atoms with van der Waals surface area (Å²) in [6, 6.07) is 0. The Labute approximate surface area is 280 Å². The number of nitrogens with zero attached hydrogens (tertiary/aromatic N) is 3. The lowest BCUT2D eigenvalue weighted by Crippen LogP contribution is -2.17. The van der Waals surface area contributed by atoms with Crippen LogP contribution in [0.3, 0.4) is 0 Å². The van der Waals surface area contributed by atoms with Crippen LogP contribution in [0.1, 0.15) is 117 Å². The molecule has 0 aliphatic carbocycles. The van der Waals surface area contributed by atoms with Gasteiger partial charge >= 0.3 is 0 Å². The molecule has 0 fully saturated rings. The fraction of sp³-hybridized carbons (Fsp3) is 0.914. The van der Waals surface area contributed by atoms with E-state index in [0.29, 0.717) is 105 Å². The molecular formula is C35H69N3O8. The molecular weight excluding hydrogens is 590 g/mol. The number of rotatable bonds is 34. The molecule has 11 heteroatoms. The van der Waals surface area contributed by atoms with Gasteiger partial charge < -0.3 is 33.2 Å². The Kier molecular flexibility index (Phi) is 35.2.